The number of carboxylic acid groups (broad SMARTS) is 1. The summed E-state index contributed by atoms with van der Waals surface area (Å²) in [5, 5.41) is 22.6. The Kier molecular flexibility index (Phi) is 4.20. The van der Waals surface area contributed by atoms with E-state index in [2.05, 4.69) is 20.9 Å². The van der Waals surface area contributed by atoms with Gasteiger partial charge in [0.1, 0.15) is 11.2 Å². The zero-order chi connectivity index (χ0) is 17.2. The molecule has 0 atom stereocenters. The molecule has 0 radical (unpaired) electrons. The van der Waals surface area contributed by atoms with Crippen LogP contribution in [0.15, 0.2) is 30.5 Å². The third-order valence-corrected chi connectivity index (χ3v) is 4.24. The van der Waals surface area contributed by atoms with Gasteiger partial charge in [-0.15, -0.1) is 5.10 Å². The molecular weight excluding hydrogens is 310 g/mol. The fraction of sp³-hybridized carbons (Fsp3) is 0.375. The zero-order valence-electron chi connectivity index (χ0n) is 13.3. The molecule has 2 aromatic rings. The standard InChI is InChI=1S/C16H19N5O3/c1-21-10-13(19-20-21)11-5-4-6-12(9-11)17-15(24)18-16(14(22)23)7-2-3-8-16/h4-6,9-10H,2-3,7-8H2,1H3,(H,22,23)(H2,17,18,24). The van der Waals surface area contributed by atoms with E-state index >= 15 is 0 Å². The Morgan fingerprint density at radius 1 is 1.29 bits per heavy atom. The maximum atomic E-state index is 12.2. The van der Waals surface area contributed by atoms with Gasteiger partial charge in [0.25, 0.3) is 0 Å². The van der Waals surface area contributed by atoms with Gasteiger partial charge in [0.2, 0.25) is 0 Å². The zero-order valence-corrected chi connectivity index (χ0v) is 13.3. The number of urea groups is 1. The van der Waals surface area contributed by atoms with E-state index in [-0.39, 0.29) is 0 Å². The van der Waals surface area contributed by atoms with E-state index in [1.807, 2.05) is 6.07 Å². The molecule has 8 nitrogen and oxygen atoms in total. The number of hydrogen-bond acceptors (Lipinski definition) is 4. The molecule has 1 aliphatic rings. The average molecular weight is 329 g/mol. The van der Waals surface area contributed by atoms with Gasteiger partial charge >= 0.3 is 12.0 Å². The number of rotatable bonds is 4. The molecular formula is C16H19N5O3. The highest BCUT2D eigenvalue weighted by Gasteiger charge is 2.42. The van der Waals surface area contributed by atoms with Crippen molar-refractivity contribution < 1.29 is 14.7 Å². The van der Waals surface area contributed by atoms with Gasteiger partial charge in [0.15, 0.2) is 0 Å². The van der Waals surface area contributed by atoms with Crippen LogP contribution >= 0.6 is 0 Å². The number of aromatic nitrogens is 3. The topological polar surface area (TPSA) is 109 Å². The van der Waals surface area contributed by atoms with Crippen molar-refractivity contribution >= 4 is 17.7 Å². The molecule has 24 heavy (non-hydrogen) atoms. The van der Waals surface area contributed by atoms with Crippen molar-refractivity contribution in [1.29, 1.82) is 0 Å². The Bertz CT molecular complexity index is 765. The van der Waals surface area contributed by atoms with Crippen LogP contribution in [0.25, 0.3) is 11.3 Å². The van der Waals surface area contributed by atoms with Crippen LogP contribution in [0.1, 0.15) is 25.7 Å². The summed E-state index contributed by atoms with van der Waals surface area (Å²) < 4.78 is 1.60. The Morgan fingerprint density at radius 2 is 2.04 bits per heavy atom. The quantitative estimate of drug-likeness (QED) is 0.795. The number of nitrogens with zero attached hydrogens (tertiary/aromatic N) is 3. The number of carbonyl (C=O) groups excluding carboxylic acids is 1. The number of carbonyl (C=O) groups is 2. The SMILES string of the molecule is Cn1cc(-c2cccc(NC(=O)NC3(C(=O)O)CCCC3)c2)nn1. The first kappa shape index (κ1) is 16.0. The van der Waals surface area contributed by atoms with E-state index in [1.54, 1.807) is 36.1 Å². The van der Waals surface area contributed by atoms with Crippen molar-refractivity contribution in [2.45, 2.75) is 31.2 Å². The van der Waals surface area contributed by atoms with Gasteiger partial charge in [-0.25, -0.2) is 9.59 Å². The van der Waals surface area contributed by atoms with Crippen LogP contribution in [0.5, 0.6) is 0 Å². The number of anilines is 1. The second-order valence-electron chi connectivity index (χ2n) is 6.03. The summed E-state index contributed by atoms with van der Waals surface area (Å²) in [4.78, 5) is 23.7. The fourth-order valence-corrected chi connectivity index (χ4v) is 2.99. The van der Waals surface area contributed by atoms with Crippen LogP contribution in [0.2, 0.25) is 0 Å². The smallest absolute Gasteiger partial charge is 0.329 e. The second-order valence-corrected chi connectivity index (χ2v) is 6.03. The minimum absolute atomic E-state index is 0.454. The molecule has 1 fully saturated rings. The van der Waals surface area contributed by atoms with Crippen molar-refractivity contribution in [1.82, 2.24) is 20.3 Å². The third kappa shape index (κ3) is 3.22. The van der Waals surface area contributed by atoms with Crippen LogP contribution in [0.3, 0.4) is 0 Å². The summed E-state index contributed by atoms with van der Waals surface area (Å²) in [6.07, 6.45) is 4.28. The molecule has 1 aromatic carbocycles. The van der Waals surface area contributed by atoms with Crippen LogP contribution in [0.4, 0.5) is 10.5 Å². The lowest BCUT2D eigenvalue weighted by molar-refractivity contribution is -0.144. The Hall–Kier alpha value is -2.90. The molecule has 0 unspecified atom stereocenters. The number of aryl methyl sites for hydroxylation is 1. The average Bonchev–Trinajstić information content (AvgIpc) is 3.17. The molecule has 1 saturated carbocycles. The number of aliphatic carboxylic acids is 1. The molecule has 3 rings (SSSR count). The van der Waals surface area contributed by atoms with E-state index in [4.69, 9.17) is 0 Å². The van der Waals surface area contributed by atoms with E-state index in [1.165, 1.54) is 0 Å². The van der Waals surface area contributed by atoms with Crippen LogP contribution in [0, 0.1) is 0 Å². The van der Waals surface area contributed by atoms with Gasteiger partial charge in [0.05, 0.1) is 6.20 Å². The molecule has 3 N–H and O–H groups in total. The molecule has 2 amide bonds. The lowest BCUT2D eigenvalue weighted by Gasteiger charge is -2.25. The monoisotopic (exact) mass is 329 g/mol. The minimum atomic E-state index is -1.16. The number of nitrogens with one attached hydrogen (secondary N) is 2. The van der Waals surface area contributed by atoms with Crippen molar-refractivity contribution in [3.63, 3.8) is 0 Å². The molecule has 126 valence electrons. The summed E-state index contributed by atoms with van der Waals surface area (Å²) in [6, 6.07) is 6.65. The van der Waals surface area contributed by atoms with E-state index in [0.717, 1.165) is 18.4 Å². The number of carboxylic acids is 1. The Labute approximate surface area is 138 Å². The molecule has 0 bridgehead atoms. The molecule has 0 saturated heterocycles. The first-order chi connectivity index (χ1) is 11.5. The molecule has 0 spiro atoms. The number of benzene rings is 1. The maximum absolute atomic E-state index is 12.2. The third-order valence-electron chi connectivity index (χ3n) is 4.24. The van der Waals surface area contributed by atoms with Crippen molar-refractivity contribution in [3.05, 3.63) is 30.5 Å². The van der Waals surface area contributed by atoms with Crippen molar-refractivity contribution in [2.24, 2.45) is 7.05 Å². The van der Waals surface area contributed by atoms with Crippen LogP contribution in [-0.2, 0) is 11.8 Å². The summed E-state index contributed by atoms with van der Waals surface area (Å²) in [7, 11) is 1.78. The largest absolute Gasteiger partial charge is 0.480 e. The van der Waals surface area contributed by atoms with Gasteiger partial charge in [-0.1, -0.05) is 30.2 Å². The van der Waals surface area contributed by atoms with Crippen LogP contribution in [-0.4, -0.2) is 37.6 Å². The molecule has 1 aromatic heterocycles. The highest BCUT2D eigenvalue weighted by atomic mass is 16.4. The fourth-order valence-electron chi connectivity index (χ4n) is 2.99. The Morgan fingerprint density at radius 3 is 2.67 bits per heavy atom. The van der Waals surface area contributed by atoms with E-state index in [0.29, 0.717) is 24.2 Å². The second kappa shape index (κ2) is 6.31. The number of amides is 2. The van der Waals surface area contributed by atoms with E-state index < -0.39 is 17.5 Å². The van der Waals surface area contributed by atoms with Gasteiger partial charge in [-0.2, -0.15) is 0 Å². The number of hydrogen-bond donors (Lipinski definition) is 3. The van der Waals surface area contributed by atoms with Gasteiger partial charge in [-0.3, -0.25) is 4.68 Å². The van der Waals surface area contributed by atoms with Gasteiger partial charge < -0.3 is 15.7 Å². The molecule has 1 heterocycles. The lowest BCUT2D eigenvalue weighted by atomic mass is 9.98. The maximum Gasteiger partial charge on any atom is 0.329 e. The molecule has 0 aliphatic heterocycles. The highest BCUT2D eigenvalue weighted by Crippen LogP contribution is 2.30. The predicted octanol–water partition coefficient (Wildman–Crippen LogP) is 2.00. The lowest BCUT2D eigenvalue weighted by Crippen LogP contribution is -2.53. The van der Waals surface area contributed by atoms with Gasteiger partial charge in [0, 0.05) is 18.3 Å². The first-order valence-electron chi connectivity index (χ1n) is 7.78. The normalized spacial score (nSPS) is 15.9. The Balaban J connectivity index is 1.72. The molecule has 1 aliphatic carbocycles. The molecule has 8 heteroatoms. The minimum Gasteiger partial charge on any atom is -0.480 e. The highest BCUT2D eigenvalue weighted by molar-refractivity contribution is 5.94. The summed E-state index contributed by atoms with van der Waals surface area (Å²) >= 11 is 0. The van der Waals surface area contributed by atoms with Crippen LogP contribution < -0.4 is 10.6 Å². The predicted molar refractivity (Wildman–Crippen MR) is 87.4 cm³/mol. The summed E-state index contributed by atoms with van der Waals surface area (Å²) in [5.74, 6) is -0.983. The van der Waals surface area contributed by atoms with Crippen molar-refractivity contribution in [2.75, 3.05) is 5.32 Å². The van der Waals surface area contributed by atoms with Gasteiger partial charge in [-0.05, 0) is 25.0 Å². The summed E-state index contributed by atoms with van der Waals surface area (Å²) in [6.45, 7) is 0. The van der Waals surface area contributed by atoms with Crippen molar-refractivity contribution in [3.8, 4) is 11.3 Å². The first-order valence-corrected chi connectivity index (χ1v) is 7.78. The summed E-state index contributed by atoms with van der Waals surface area (Å²) in [5.41, 5.74) is 0.912. The van der Waals surface area contributed by atoms with E-state index in [9.17, 15) is 14.7 Å².